The molecule has 6 heteroatoms. The van der Waals surface area contributed by atoms with Crippen molar-refractivity contribution in [1.82, 2.24) is 20.0 Å². The average molecular weight is 340 g/mol. The van der Waals surface area contributed by atoms with E-state index in [1.165, 1.54) is 18.2 Å². The van der Waals surface area contributed by atoms with Crippen molar-refractivity contribution in [2.24, 2.45) is 7.05 Å². The van der Waals surface area contributed by atoms with E-state index < -0.39 is 0 Å². The standard InChI is InChI=1S/C19H18F2N4/c1-10(2)19-14-9-15(21)11(6-16(14)22-23-19)7-17-13-8-12(20)4-5-18(13)25(3)24-17/h4-6,8-10H,7H2,1-3H3,(H,22,23). The number of halogens is 2. The number of hydrogen-bond acceptors (Lipinski definition) is 2. The molecule has 2 heterocycles. The molecule has 0 bridgehead atoms. The molecular formula is C19H18F2N4. The Balaban J connectivity index is 1.81. The van der Waals surface area contributed by atoms with E-state index in [0.29, 0.717) is 16.6 Å². The van der Waals surface area contributed by atoms with Crippen LogP contribution in [-0.4, -0.2) is 20.0 Å². The molecule has 0 saturated carbocycles. The first-order valence-electron chi connectivity index (χ1n) is 8.21. The van der Waals surface area contributed by atoms with E-state index in [4.69, 9.17) is 0 Å². The van der Waals surface area contributed by atoms with E-state index in [0.717, 1.165) is 22.1 Å². The summed E-state index contributed by atoms with van der Waals surface area (Å²) in [6, 6.07) is 7.79. The van der Waals surface area contributed by atoms with Crippen LogP contribution in [-0.2, 0) is 13.5 Å². The van der Waals surface area contributed by atoms with E-state index in [1.54, 1.807) is 23.9 Å². The zero-order valence-electron chi connectivity index (χ0n) is 14.3. The van der Waals surface area contributed by atoms with Gasteiger partial charge < -0.3 is 0 Å². The van der Waals surface area contributed by atoms with Crippen LogP contribution in [0, 0.1) is 11.6 Å². The molecule has 4 nitrogen and oxygen atoms in total. The molecule has 2 aromatic carbocycles. The summed E-state index contributed by atoms with van der Waals surface area (Å²) in [5, 5.41) is 13.2. The highest BCUT2D eigenvalue weighted by molar-refractivity contribution is 5.84. The molecule has 25 heavy (non-hydrogen) atoms. The summed E-state index contributed by atoms with van der Waals surface area (Å²) in [5.41, 5.74) is 3.62. The average Bonchev–Trinajstić information content (AvgIpc) is 3.09. The number of aromatic nitrogens is 4. The molecular weight excluding hydrogens is 322 g/mol. The first-order valence-corrected chi connectivity index (χ1v) is 8.21. The minimum atomic E-state index is -0.327. The lowest BCUT2D eigenvalue weighted by Crippen LogP contribution is -1.96. The largest absolute Gasteiger partial charge is 0.281 e. The fourth-order valence-corrected chi connectivity index (χ4v) is 3.29. The minimum absolute atomic E-state index is 0.234. The molecule has 0 radical (unpaired) electrons. The van der Waals surface area contributed by atoms with Gasteiger partial charge in [-0.15, -0.1) is 0 Å². The molecule has 0 aliphatic rings. The molecule has 0 spiro atoms. The predicted molar refractivity (Wildman–Crippen MR) is 93.6 cm³/mol. The van der Waals surface area contributed by atoms with E-state index >= 15 is 0 Å². The van der Waals surface area contributed by atoms with Crippen molar-refractivity contribution in [3.63, 3.8) is 0 Å². The Morgan fingerprint density at radius 1 is 1.12 bits per heavy atom. The zero-order chi connectivity index (χ0) is 17.7. The summed E-state index contributed by atoms with van der Waals surface area (Å²) >= 11 is 0. The molecule has 2 aromatic heterocycles. The van der Waals surface area contributed by atoms with E-state index in [2.05, 4.69) is 15.3 Å². The number of H-pyrrole nitrogens is 1. The van der Waals surface area contributed by atoms with Gasteiger partial charge in [0.15, 0.2) is 0 Å². The quantitative estimate of drug-likeness (QED) is 0.599. The van der Waals surface area contributed by atoms with Crippen molar-refractivity contribution in [3.8, 4) is 0 Å². The molecule has 4 rings (SSSR count). The van der Waals surface area contributed by atoms with Gasteiger partial charge in [-0.2, -0.15) is 10.2 Å². The van der Waals surface area contributed by atoms with Crippen molar-refractivity contribution in [1.29, 1.82) is 0 Å². The maximum atomic E-state index is 14.7. The highest BCUT2D eigenvalue weighted by Gasteiger charge is 2.16. The molecule has 1 N–H and O–H groups in total. The number of nitrogens with zero attached hydrogens (tertiary/aromatic N) is 3. The number of benzene rings is 2. The highest BCUT2D eigenvalue weighted by atomic mass is 19.1. The van der Waals surface area contributed by atoms with E-state index in [-0.39, 0.29) is 24.0 Å². The lowest BCUT2D eigenvalue weighted by molar-refractivity contribution is 0.614. The van der Waals surface area contributed by atoms with Crippen LogP contribution in [0.2, 0.25) is 0 Å². The van der Waals surface area contributed by atoms with Gasteiger partial charge in [-0.25, -0.2) is 8.78 Å². The summed E-state index contributed by atoms with van der Waals surface area (Å²) < 4.78 is 30.0. The number of aromatic amines is 1. The Bertz CT molecular complexity index is 1090. The molecule has 0 aliphatic heterocycles. The summed E-state index contributed by atoms with van der Waals surface area (Å²) in [4.78, 5) is 0. The first kappa shape index (κ1) is 15.7. The third-order valence-electron chi connectivity index (χ3n) is 4.58. The van der Waals surface area contributed by atoms with Crippen LogP contribution < -0.4 is 0 Å². The van der Waals surface area contributed by atoms with Crippen LogP contribution >= 0.6 is 0 Å². The van der Waals surface area contributed by atoms with Gasteiger partial charge in [0.1, 0.15) is 11.6 Å². The molecule has 0 saturated heterocycles. The third-order valence-corrected chi connectivity index (χ3v) is 4.58. The lowest BCUT2D eigenvalue weighted by atomic mass is 10.0. The van der Waals surface area contributed by atoms with Crippen LogP contribution in [0.4, 0.5) is 8.78 Å². The van der Waals surface area contributed by atoms with Gasteiger partial charge >= 0.3 is 0 Å². The van der Waals surface area contributed by atoms with Gasteiger partial charge in [0.2, 0.25) is 0 Å². The molecule has 0 atom stereocenters. The monoisotopic (exact) mass is 340 g/mol. The third kappa shape index (κ3) is 2.58. The fourth-order valence-electron chi connectivity index (χ4n) is 3.29. The van der Waals surface area contributed by atoms with Crippen LogP contribution in [0.3, 0.4) is 0 Å². The van der Waals surface area contributed by atoms with Crippen molar-refractivity contribution in [2.45, 2.75) is 26.2 Å². The molecule has 0 unspecified atom stereocenters. The second-order valence-corrected chi connectivity index (χ2v) is 6.66. The van der Waals surface area contributed by atoms with Crippen molar-refractivity contribution >= 4 is 21.8 Å². The van der Waals surface area contributed by atoms with Gasteiger partial charge in [-0.1, -0.05) is 13.8 Å². The molecule has 4 aromatic rings. The van der Waals surface area contributed by atoms with Crippen molar-refractivity contribution < 1.29 is 8.78 Å². The van der Waals surface area contributed by atoms with Crippen molar-refractivity contribution in [3.05, 3.63) is 58.9 Å². The minimum Gasteiger partial charge on any atom is -0.281 e. The topological polar surface area (TPSA) is 46.5 Å². The van der Waals surface area contributed by atoms with Gasteiger partial charge in [0.25, 0.3) is 0 Å². The number of rotatable bonds is 3. The van der Waals surface area contributed by atoms with Crippen LogP contribution in [0.25, 0.3) is 21.8 Å². The van der Waals surface area contributed by atoms with Crippen LogP contribution in [0.15, 0.2) is 30.3 Å². The summed E-state index contributed by atoms with van der Waals surface area (Å²) in [6.07, 6.45) is 0.284. The van der Waals surface area contributed by atoms with Gasteiger partial charge in [-0.3, -0.25) is 9.78 Å². The molecule has 0 fully saturated rings. The zero-order valence-corrected chi connectivity index (χ0v) is 14.3. The number of aryl methyl sites for hydroxylation is 1. The Kier molecular flexibility index (Phi) is 3.56. The summed E-state index contributed by atoms with van der Waals surface area (Å²) in [7, 11) is 1.80. The van der Waals surface area contributed by atoms with Crippen LogP contribution in [0.5, 0.6) is 0 Å². The molecule has 0 amide bonds. The predicted octanol–water partition coefficient (Wildman–Crippen LogP) is 4.44. The SMILES string of the molecule is CC(C)c1[nH]nc2cc(Cc3nn(C)c4ccc(F)cc34)c(F)cc12. The normalized spacial score (nSPS) is 11.9. The number of nitrogens with one attached hydrogen (secondary N) is 1. The highest BCUT2D eigenvalue weighted by Crippen LogP contribution is 2.28. The second-order valence-electron chi connectivity index (χ2n) is 6.66. The van der Waals surface area contributed by atoms with Gasteiger partial charge in [0, 0.05) is 29.9 Å². The Morgan fingerprint density at radius 3 is 2.68 bits per heavy atom. The fraction of sp³-hybridized carbons (Fsp3) is 0.263. The lowest BCUT2D eigenvalue weighted by Gasteiger charge is -2.05. The van der Waals surface area contributed by atoms with Gasteiger partial charge in [-0.05, 0) is 41.8 Å². The Labute approximate surface area is 143 Å². The van der Waals surface area contributed by atoms with E-state index in [1.807, 2.05) is 13.8 Å². The molecule has 128 valence electrons. The Hall–Kier alpha value is -2.76. The van der Waals surface area contributed by atoms with Crippen LogP contribution in [0.1, 0.15) is 36.7 Å². The maximum Gasteiger partial charge on any atom is 0.127 e. The first-order chi connectivity index (χ1) is 11.9. The van der Waals surface area contributed by atoms with E-state index in [9.17, 15) is 8.78 Å². The maximum absolute atomic E-state index is 14.7. The number of hydrogen-bond donors (Lipinski definition) is 1. The summed E-state index contributed by atoms with van der Waals surface area (Å²) in [6.45, 7) is 4.07. The molecule has 0 aliphatic carbocycles. The van der Waals surface area contributed by atoms with Gasteiger partial charge in [0.05, 0.1) is 16.7 Å². The van der Waals surface area contributed by atoms with Crippen molar-refractivity contribution in [2.75, 3.05) is 0 Å². The smallest absolute Gasteiger partial charge is 0.127 e. The number of fused-ring (bicyclic) bond motifs is 2. The summed E-state index contributed by atoms with van der Waals surface area (Å²) in [5.74, 6) is -0.393. The Morgan fingerprint density at radius 2 is 1.92 bits per heavy atom. The second kappa shape index (κ2) is 5.65.